The van der Waals surface area contributed by atoms with Crippen molar-refractivity contribution in [1.29, 1.82) is 0 Å². The molecule has 0 bridgehead atoms. The summed E-state index contributed by atoms with van der Waals surface area (Å²) >= 11 is 1.87. The van der Waals surface area contributed by atoms with Crippen LogP contribution in [0.25, 0.3) is 43.5 Å². The molecule has 5 heteroatoms. The third-order valence-electron chi connectivity index (χ3n) is 7.41. The number of hydrogen-bond acceptors (Lipinski definition) is 5. The number of benzene rings is 5. The highest BCUT2D eigenvalue weighted by Crippen LogP contribution is 2.41. The highest BCUT2D eigenvalue weighted by Gasteiger charge is 2.16. The van der Waals surface area contributed by atoms with Crippen LogP contribution in [0.3, 0.4) is 0 Å². The number of rotatable bonds is 10. The van der Waals surface area contributed by atoms with Gasteiger partial charge in [0.15, 0.2) is 6.61 Å². The summed E-state index contributed by atoms with van der Waals surface area (Å²) in [6, 6.07) is 42.1. The Hall–Kier alpha value is -4.87. The first-order chi connectivity index (χ1) is 21.1. The van der Waals surface area contributed by atoms with Crippen LogP contribution in [-0.4, -0.2) is 26.3 Å². The van der Waals surface area contributed by atoms with Crippen molar-refractivity contribution in [3.05, 3.63) is 132 Å². The highest BCUT2D eigenvalue weighted by atomic mass is 32.1. The zero-order valence-electron chi connectivity index (χ0n) is 24.2. The first-order valence-corrected chi connectivity index (χ1v) is 15.2. The molecule has 0 N–H and O–H groups in total. The highest BCUT2D eigenvalue weighted by molar-refractivity contribution is 7.19. The van der Waals surface area contributed by atoms with E-state index in [1.165, 1.54) is 38.8 Å². The molecule has 0 aliphatic heterocycles. The van der Waals surface area contributed by atoms with Crippen LogP contribution in [0.5, 0.6) is 11.5 Å². The van der Waals surface area contributed by atoms with Gasteiger partial charge in [-0.3, -0.25) is 0 Å². The lowest BCUT2D eigenvalue weighted by molar-refractivity contribution is -0.142. The summed E-state index contributed by atoms with van der Waals surface area (Å²) in [5.41, 5.74) is 7.83. The Morgan fingerprint density at radius 3 is 2.12 bits per heavy atom. The van der Waals surface area contributed by atoms with Crippen molar-refractivity contribution in [2.45, 2.75) is 13.3 Å². The third-order valence-corrected chi connectivity index (χ3v) is 8.58. The number of methoxy groups -OCH3 is 1. The molecule has 0 fully saturated rings. The van der Waals surface area contributed by atoms with Crippen molar-refractivity contribution < 1.29 is 19.0 Å². The molecule has 6 aromatic rings. The van der Waals surface area contributed by atoms with E-state index in [4.69, 9.17) is 14.2 Å². The van der Waals surface area contributed by atoms with Gasteiger partial charge in [-0.25, -0.2) is 4.79 Å². The Labute approximate surface area is 256 Å². The lowest BCUT2D eigenvalue weighted by Gasteiger charge is -2.14. The summed E-state index contributed by atoms with van der Waals surface area (Å²) in [7, 11) is 1.36. The SMILES string of the molecule is CCOc1ccc(-c2cc(-c3ccc(-c4c(Cc5ccccc5)sc5ccccc45)cc3)ccc2OCC(=O)OC)cc1. The van der Waals surface area contributed by atoms with Crippen molar-refractivity contribution in [1.82, 2.24) is 0 Å². The van der Waals surface area contributed by atoms with Crippen LogP contribution in [0.2, 0.25) is 0 Å². The van der Waals surface area contributed by atoms with Gasteiger partial charge >= 0.3 is 5.97 Å². The summed E-state index contributed by atoms with van der Waals surface area (Å²) in [4.78, 5) is 13.2. The van der Waals surface area contributed by atoms with Crippen molar-refractivity contribution in [2.24, 2.45) is 0 Å². The van der Waals surface area contributed by atoms with E-state index in [0.29, 0.717) is 12.4 Å². The van der Waals surface area contributed by atoms with Crippen molar-refractivity contribution in [3.63, 3.8) is 0 Å². The fraction of sp³-hybridized carbons (Fsp3) is 0.132. The lowest BCUT2D eigenvalue weighted by atomic mass is 9.95. The Morgan fingerprint density at radius 1 is 0.698 bits per heavy atom. The first kappa shape index (κ1) is 28.3. The molecule has 1 heterocycles. The molecule has 0 aliphatic carbocycles. The first-order valence-electron chi connectivity index (χ1n) is 14.3. The van der Waals surface area contributed by atoms with Gasteiger partial charge in [0, 0.05) is 32.5 Å². The second-order valence-corrected chi connectivity index (χ2v) is 11.3. The van der Waals surface area contributed by atoms with Gasteiger partial charge in [0.05, 0.1) is 13.7 Å². The number of fused-ring (bicyclic) bond motifs is 1. The Balaban J connectivity index is 1.35. The third kappa shape index (κ3) is 6.32. The molecule has 43 heavy (non-hydrogen) atoms. The summed E-state index contributed by atoms with van der Waals surface area (Å²) in [6.45, 7) is 2.41. The minimum atomic E-state index is -0.426. The van der Waals surface area contributed by atoms with Crippen molar-refractivity contribution in [2.75, 3.05) is 20.3 Å². The monoisotopic (exact) mass is 584 g/mol. The molecule has 0 aliphatic rings. The van der Waals surface area contributed by atoms with E-state index in [2.05, 4.69) is 84.9 Å². The largest absolute Gasteiger partial charge is 0.494 e. The smallest absolute Gasteiger partial charge is 0.343 e. The molecule has 1 aromatic heterocycles. The molecule has 0 saturated heterocycles. The standard InChI is InChI=1S/C38H32O4S/c1-3-41-31-20-17-28(18-21-31)33-24-30(19-22-34(33)42-25-37(39)40-2)27-13-15-29(16-14-27)38-32-11-7-8-12-35(32)43-36(38)23-26-9-5-4-6-10-26/h4-22,24H,3,23,25H2,1-2H3. The number of thiophene rings is 1. The molecule has 4 nitrogen and oxygen atoms in total. The van der Waals surface area contributed by atoms with E-state index in [9.17, 15) is 4.79 Å². The van der Waals surface area contributed by atoms with Gasteiger partial charge in [0.25, 0.3) is 0 Å². The predicted molar refractivity (Wildman–Crippen MR) is 176 cm³/mol. The minimum Gasteiger partial charge on any atom is -0.494 e. The molecule has 0 saturated carbocycles. The van der Waals surface area contributed by atoms with Crippen molar-refractivity contribution >= 4 is 27.4 Å². The zero-order chi connectivity index (χ0) is 29.6. The predicted octanol–water partition coefficient (Wildman–Crippen LogP) is 9.44. The topological polar surface area (TPSA) is 44.8 Å². The van der Waals surface area contributed by atoms with Crippen LogP contribution in [-0.2, 0) is 16.0 Å². The van der Waals surface area contributed by atoms with Gasteiger partial charge in [0.2, 0.25) is 0 Å². The fourth-order valence-corrected chi connectivity index (χ4v) is 6.56. The van der Waals surface area contributed by atoms with Crippen LogP contribution in [0, 0.1) is 0 Å². The summed E-state index contributed by atoms with van der Waals surface area (Å²) < 4.78 is 17.6. The maximum absolute atomic E-state index is 11.8. The van der Waals surface area contributed by atoms with Crippen LogP contribution in [0.1, 0.15) is 17.4 Å². The molecule has 0 unspecified atom stereocenters. The quantitative estimate of drug-likeness (QED) is 0.151. The van der Waals surface area contributed by atoms with Crippen LogP contribution in [0.4, 0.5) is 0 Å². The second kappa shape index (κ2) is 13.0. The molecular formula is C38H32O4S. The molecule has 0 radical (unpaired) electrons. The van der Waals surface area contributed by atoms with Gasteiger partial charge in [-0.2, -0.15) is 0 Å². The molecular weight excluding hydrogens is 552 g/mol. The van der Waals surface area contributed by atoms with Crippen LogP contribution in [0.15, 0.2) is 121 Å². The Kier molecular flexibility index (Phi) is 8.52. The van der Waals surface area contributed by atoms with Crippen LogP contribution >= 0.6 is 11.3 Å². The van der Waals surface area contributed by atoms with E-state index in [1.807, 2.05) is 54.7 Å². The Bertz CT molecular complexity index is 1840. The van der Waals surface area contributed by atoms with E-state index >= 15 is 0 Å². The number of carbonyl (C=O) groups is 1. The van der Waals surface area contributed by atoms with Gasteiger partial charge < -0.3 is 14.2 Å². The Morgan fingerprint density at radius 2 is 1.37 bits per heavy atom. The summed E-state index contributed by atoms with van der Waals surface area (Å²) in [5, 5.41) is 1.29. The van der Waals surface area contributed by atoms with E-state index < -0.39 is 5.97 Å². The minimum absolute atomic E-state index is 0.158. The van der Waals surface area contributed by atoms with E-state index in [0.717, 1.165) is 34.4 Å². The lowest BCUT2D eigenvalue weighted by Crippen LogP contribution is -2.13. The second-order valence-electron chi connectivity index (χ2n) is 10.2. The molecule has 214 valence electrons. The maximum Gasteiger partial charge on any atom is 0.343 e. The molecule has 5 aromatic carbocycles. The molecule has 0 amide bonds. The fourth-order valence-electron chi connectivity index (χ4n) is 5.30. The average Bonchev–Trinajstić information content (AvgIpc) is 3.42. The summed E-state index contributed by atoms with van der Waals surface area (Å²) in [5.74, 6) is 0.998. The molecule has 0 atom stereocenters. The molecule has 0 spiro atoms. The average molecular weight is 585 g/mol. The van der Waals surface area contributed by atoms with Crippen LogP contribution < -0.4 is 9.47 Å². The van der Waals surface area contributed by atoms with Gasteiger partial charge in [-0.05, 0) is 65.1 Å². The zero-order valence-corrected chi connectivity index (χ0v) is 25.0. The normalized spacial score (nSPS) is 10.9. The number of carbonyl (C=O) groups excluding carboxylic acids is 1. The number of esters is 1. The van der Waals surface area contributed by atoms with Crippen molar-refractivity contribution in [3.8, 4) is 44.9 Å². The number of hydrogen-bond donors (Lipinski definition) is 0. The molecule has 6 rings (SSSR count). The van der Waals surface area contributed by atoms with E-state index in [-0.39, 0.29) is 6.61 Å². The van der Waals surface area contributed by atoms with Gasteiger partial charge in [-0.1, -0.05) is 91.0 Å². The maximum atomic E-state index is 11.8. The van der Waals surface area contributed by atoms with Gasteiger partial charge in [0.1, 0.15) is 11.5 Å². The number of ether oxygens (including phenoxy) is 3. The van der Waals surface area contributed by atoms with Gasteiger partial charge in [-0.15, -0.1) is 11.3 Å². The summed E-state index contributed by atoms with van der Waals surface area (Å²) in [6.07, 6.45) is 0.899. The van der Waals surface area contributed by atoms with E-state index in [1.54, 1.807) is 0 Å².